The fraction of sp³-hybridized carbons (Fsp3) is 0.389. The molecule has 0 aliphatic heterocycles. The van der Waals surface area contributed by atoms with Crippen LogP contribution >= 0.6 is 0 Å². The number of guanidine groups is 1. The second kappa shape index (κ2) is 10.3. The average Bonchev–Trinajstić information content (AvgIpc) is 3.14. The number of methoxy groups -OCH3 is 1. The minimum absolute atomic E-state index is 0.511. The normalized spacial score (nSPS) is 11.3. The molecule has 2 rings (SSSR count). The maximum atomic E-state index is 5.54. The lowest BCUT2D eigenvalue weighted by Gasteiger charge is -2.12. The van der Waals surface area contributed by atoms with Crippen molar-refractivity contribution in [1.82, 2.24) is 10.6 Å². The quantitative estimate of drug-likeness (QED) is 0.420. The highest BCUT2D eigenvalue weighted by Gasteiger charge is 1.99. The molecule has 0 bridgehead atoms. The maximum Gasteiger partial charge on any atom is 0.191 e. The van der Waals surface area contributed by atoms with Gasteiger partial charge in [0.15, 0.2) is 5.96 Å². The first kappa shape index (κ1) is 17.9. The van der Waals surface area contributed by atoms with Crippen molar-refractivity contribution < 1.29 is 13.9 Å². The van der Waals surface area contributed by atoms with E-state index in [0.29, 0.717) is 19.8 Å². The highest BCUT2D eigenvalue weighted by atomic mass is 16.5. The van der Waals surface area contributed by atoms with Crippen molar-refractivity contribution in [3.8, 4) is 5.75 Å². The number of hydrogen-bond donors (Lipinski definition) is 2. The number of aliphatic imine (C=N–C) groups is 1. The Morgan fingerprint density at radius 2 is 2.00 bits per heavy atom. The van der Waals surface area contributed by atoms with Crippen LogP contribution < -0.4 is 15.4 Å². The molecule has 0 spiro atoms. The average molecular weight is 331 g/mol. The predicted octanol–water partition coefficient (Wildman–Crippen LogP) is 2.56. The van der Waals surface area contributed by atoms with Gasteiger partial charge >= 0.3 is 0 Å². The van der Waals surface area contributed by atoms with Gasteiger partial charge in [-0.05, 0) is 36.2 Å². The van der Waals surface area contributed by atoms with Crippen LogP contribution in [-0.4, -0.2) is 33.3 Å². The first-order valence-electron chi connectivity index (χ1n) is 7.99. The molecule has 130 valence electrons. The monoisotopic (exact) mass is 331 g/mol. The van der Waals surface area contributed by atoms with Crippen molar-refractivity contribution in [2.75, 3.05) is 27.3 Å². The molecular weight excluding hydrogens is 306 g/mol. The van der Waals surface area contributed by atoms with Gasteiger partial charge in [-0.15, -0.1) is 0 Å². The van der Waals surface area contributed by atoms with Gasteiger partial charge in [-0.2, -0.15) is 0 Å². The largest absolute Gasteiger partial charge is 0.497 e. The molecule has 1 heterocycles. The lowest BCUT2D eigenvalue weighted by Crippen LogP contribution is -2.37. The molecule has 0 atom stereocenters. The maximum absolute atomic E-state index is 5.54. The van der Waals surface area contributed by atoms with Crippen molar-refractivity contribution in [1.29, 1.82) is 0 Å². The number of nitrogens with zero attached hydrogens (tertiary/aromatic N) is 1. The lowest BCUT2D eigenvalue weighted by molar-refractivity contribution is 0.105. The van der Waals surface area contributed by atoms with E-state index in [-0.39, 0.29) is 0 Å². The topological polar surface area (TPSA) is 68.0 Å². The second-order valence-electron chi connectivity index (χ2n) is 5.19. The number of benzene rings is 1. The van der Waals surface area contributed by atoms with Gasteiger partial charge in [0.05, 0.1) is 13.4 Å². The van der Waals surface area contributed by atoms with Crippen molar-refractivity contribution in [2.24, 2.45) is 4.99 Å². The summed E-state index contributed by atoms with van der Waals surface area (Å²) in [5.41, 5.74) is 1.17. The minimum Gasteiger partial charge on any atom is -0.497 e. The summed E-state index contributed by atoms with van der Waals surface area (Å²) in [6.07, 6.45) is 2.54. The van der Waals surface area contributed by atoms with Crippen molar-refractivity contribution >= 4 is 5.96 Å². The Morgan fingerprint density at radius 3 is 2.67 bits per heavy atom. The predicted molar refractivity (Wildman–Crippen MR) is 94.2 cm³/mol. The molecule has 0 radical (unpaired) electrons. The van der Waals surface area contributed by atoms with Gasteiger partial charge in [0.25, 0.3) is 0 Å². The molecule has 6 heteroatoms. The van der Waals surface area contributed by atoms with E-state index < -0.39 is 0 Å². The fourth-order valence-corrected chi connectivity index (χ4v) is 2.10. The van der Waals surface area contributed by atoms with Gasteiger partial charge in [-0.3, -0.25) is 4.99 Å². The molecular formula is C18H25N3O3. The van der Waals surface area contributed by atoms with E-state index in [4.69, 9.17) is 13.9 Å². The molecule has 2 aromatic rings. The molecule has 0 unspecified atom stereocenters. The first-order chi connectivity index (χ1) is 11.8. The molecule has 1 aromatic carbocycles. The molecule has 0 aliphatic rings. The van der Waals surface area contributed by atoms with E-state index in [0.717, 1.165) is 30.4 Å². The van der Waals surface area contributed by atoms with Gasteiger partial charge in [0.2, 0.25) is 0 Å². The van der Waals surface area contributed by atoms with Gasteiger partial charge in [0, 0.05) is 26.7 Å². The fourth-order valence-electron chi connectivity index (χ4n) is 2.10. The van der Waals surface area contributed by atoms with Crippen LogP contribution in [0.15, 0.2) is 52.1 Å². The number of nitrogens with one attached hydrogen (secondary N) is 2. The number of hydrogen-bond acceptors (Lipinski definition) is 4. The summed E-state index contributed by atoms with van der Waals surface area (Å²) >= 11 is 0. The molecule has 0 saturated heterocycles. The van der Waals surface area contributed by atoms with Crippen LogP contribution in [0.5, 0.6) is 5.75 Å². The van der Waals surface area contributed by atoms with Crippen molar-refractivity contribution in [2.45, 2.75) is 19.6 Å². The SMILES string of the molecule is CN=C(NCCCOCc1ccco1)NCc1ccc(OC)cc1. The van der Waals surface area contributed by atoms with Crippen molar-refractivity contribution in [3.63, 3.8) is 0 Å². The molecule has 24 heavy (non-hydrogen) atoms. The van der Waals surface area contributed by atoms with E-state index in [2.05, 4.69) is 15.6 Å². The third-order valence-electron chi connectivity index (χ3n) is 3.42. The van der Waals surface area contributed by atoms with Crippen LogP contribution in [0.25, 0.3) is 0 Å². The van der Waals surface area contributed by atoms with E-state index in [1.54, 1.807) is 20.4 Å². The van der Waals surface area contributed by atoms with Crippen LogP contribution in [0.2, 0.25) is 0 Å². The molecule has 0 fully saturated rings. The zero-order chi connectivity index (χ0) is 17.0. The number of ether oxygens (including phenoxy) is 2. The van der Waals surface area contributed by atoms with Gasteiger partial charge in [-0.1, -0.05) is 12.1 Å². The molecule has 0 aliphatic carbocycles. The number of rotatable bonds is 9. The summed E-state index contributed by atoms with van der Waals surface area (Å²) in [6, 6.07) is 11.7. The van der Waals surface area contributed by atoms with Gasteiger partial charge < -0.3 is 24.5 Å². The Labute approximate surface area is 142 Å². The molecule has 0 saturated carbocycles. The summed E-state index contributed by atoms with van der Waals surface area (Å²) < 4.78 is 15.9. The van der Waals surface area contributed by atoms with E-state index in [1.807, 2.05) is 36.4 Å². The van der Waals surface area contributed by atoms with Crippen LogP contribution in [0.3, 0.4) is 0 Å². The van der Waals surface area contributed by atoms with Crippen LogP contribution in [0, 0.1) is 0 Å². The molecule has 1 aromatic heterocycles. The Hall–Kier alpha value is -2.47. The third kappa shape index (κ3) is 6.34. The molecule has 0 amide bonds. The lowest BCUT2D eigenvalue weighted by atomic mass is 10.2. The van der Waals surface area contributed by atoms with Crippen molar-refractivity contribution in [3.05, 3.63) is 54.0 Å². The zero-order valence-electron chi connectivity index (χ0n) is 14.2. The summed E-state index contributed by atoms with van der Waals surface area (Å²) in [4.78, 5) is 4.21. The number of furan rings is 1. The Morgan fingerprint density at radius 1 is 1.17 bits per heavy atom. The van der Waals surface area contributed by atoms with Crippen LogP contribution in [0.4, 0.5) is 0 Å². The first-order valence-corrected chi connectivity index (χ1v) is 7.99. The van der Waals surface area contributed by atoms with Crippen LogP contribution in [-0.2, 0) is 17.9 Å². The summed E-state index contributed by atoms with van der Waals surface area (Å²) in [6.45, 7) is 2.68. The standard InChI is InChI=1S/C18H25N3O3/c1-19-18(21-13-15-6-8-16(22-2)9-7-15)20-10-4-11-23-14-17-5-3-12-24-17/h3,5-9,12H,4,10-11,13-14H2,1-2H3,(H2,19,20,21). The Bertz CT molecular complexity index is 594. The highest BCUT2D eigenvalue weighted by molar-refractivity contribution is 5.79. The minimum atomic E-state index is 0.511. The van der Waals surface area contributed by atoms with Gasteiger partial charge in [0.1, 0.15) is 18.1 Å². The van der Waals surface area contributed by atoms with Gasteiger partial charge in [-0.25, -0.2) is 0 Å². The second-order valence-corrected chi connectivity index (χ2v) is 5.19. The Kier molecular flexibility index (Phi) is 7.70. The smallest absolute Gasteiger partial charge is 0.191 e. The Balaban J connectivity index is 1.58. The highest BCUT2D eigenvalue weighted by Crippen LogP contribution is 2.10. The van der Waals surface area contributed by atoms with E-state index in [9.17, 15) is 0 Å². The summed E-state index contributed by atoms with van der Waals surface area (Å²) in [5, 5.41) is 6.55. The third-order valence-corrected chi connectivity index (χ3v) is 3.42. The summed E-state index contributed by atoms with van der Waals surface area (Å²) in [5.74, 6) is 2.48. The zero-order valence-corrected chi connectivity index (χ0v) is 14.2. The molecule has 2 N–H and O–H groups in total. The molecule has 6 nitrogen and oxygen atoms in total. The summed E-state index contributed by atoms with van der Waals surface area (Å²) in [7, 11) is 3.42. The van der Waals surface area contributed by atoms with Crippen LogP contribution in [0.1, 0.15) is 17.7 Å². The van der Waals surface area contributed by atoms with E-state index in [1.165, 1.54) is 5.56 Å². The van der Waals surface area contributed by atoms with E-state index >= 15 is 0 Å².